The average Bonchev–Trinajstić information content (AvgIpc) is 1.69. The molecule has 40 valence electrons. The van der Waals surface area contributed by atoms with E-state index in [4.69, 9.17) is 0 Å². The van der Waals surface area contributed by atoms with Gasteiger partial charge in [-0.05, 0) is 0 Å². The average molecular weight is 175 g/mol. The van der Waals surface area contributed by atoms with Gasteiger partial charge in [0, 0.05) is 0 Å². The van der Waals surface area contributed by atoms with E-state index in [1.165, 1.54) is 25.7 Å². The molecule has 0 saturated heterocycles. The van der Waals surface area contributed by atoms with Crippen molar-refractivity contribution >= 4 is 3.71 Å². The summed E-state index contributed by atoms with van der Waals surface area (Å²) in [5.41, 5.74) is 0. The maximum atomic E-state index is 2.32. The van der Waals surface area contributed by atoms with Crippen molar-refractivity contribution in [1.82, 2.24) is 0 Å². The van der Waals surface area contributed by atoms with Crippen molar-refractivity contribution in [3.63, 3.8) is 0 Å². The monoisotopic (exact) mass is 174 g/mol. The number of rotatable bonds is 4. The first-order valence-corrected chi connectivity index (χ1v) is 4.32. The molecular formula is C6H12Zr. The van der Waals surface area contributed by atoms with Gasteiger partial charge in [0.05, 0.1) is 0 Å². The number of unbranched alkanes of at least 4 members (excludes halogenated alkanes) is 3. The summed E-state index contributed by atoms with van der Waals surface area (Å²) >= 11 is 1.58. The van der Waals surface area contributed by atoms with Gasteiger partial charge >= 0.3 is 60.6 Å². The second kappa shape index (κ2) is 6.75. The molecule has 0 N–H and O–H groups in total. The summed E-state index contributed by atoms with van der Waals surface area (Å²) in [5.74, 6) is 0. The van der Waals surface area contributed by atoms with Gasteiger partial charge in [0.15, 0.2) is 0 Å². The van der Waals surface area contributed by atoms with E-state index in [0.29, 0.717) is 0 Å². The molecule has 0 amide bonds. The predicted molar refractivity (Wildman–Crippen MR) is 30.2 cm³/mol. The van der Waals surface area contributed by atoms with Crippen molar-refractivity contribution in [2.24, 2.45) is 0 Å². The van der Waals surface area contributed by atoms with Gasteiger partial charge in [-0.1, -0.05) is 0 Å². The van der Waals surface area contributed by atoms with Crippen LogP contribution in [-0.4, -0.2) is 3.71 Å². The van der Waals surface area contributed by atoms with Gasteiger partial charge in [0.2, 0.25) is 0 Å². The van der Waals surface area contributed by atoms with Gasteiger partial charge in [0.1, 0.15) is 0 Å². The molecule has 0 aliphatic carbocycles. The van der Waals surface area contributed by atoms with Crippen molar-refractivity contribution in [1.29, 1.82) is 0 Å². The molecule has 0 aliphatic heterocycles. The minimum atomic E-state index is 1.34. The van der Waals surface area contributed by atoms with E-state index in [9.17, 15) is 0 Å². The maximum absolute atomic E-state index is 2.32. The van der Waals surface area contributed by atoms with Crippen LogP contribution in [0.3, 0.4) is 0 Å². The minimum absolute atomic E-state index is 1.34. The molecule has 0 nitrogen and oxygen atoms in total. The topological polar surface area (TPSA) is 0 Å². The molecule has 0 saturated carbocycles. The molecule has 0 aliphatic rings. The summed E-state index contributed by atoms with van der Waals surface area (Å²) in [5, 5.41) is 0. The first-order valence-electron chi connectivity index (χ1n) is 2.90. The van der Waals surface area contributed by atoms with Gasteiger partial charge in [-0.15, -0.1) is 0 Å². The van der Waals surface area contributed by atoms with Crippen LogP contribution < -0.4 is 0 Å². The van der Waals surface area contributed by atoms with Crippen LogP contribution in [-0.2, 0) is 24.2 Å². The number of hydrogen-bond acceptors (Lipinski definition) is 0. The van der Waals surface area contributed by atoms with Crippen molar-refractivity contribution < 1.29 is 24.2 Å². The molecule has 0 unspecified atom stereocenters. The van der Waals surface area contributed by atoms with Crippen molar-refractivity contribution in [3.8, 4) is 0 Å². The van der Waals surface area contributed by atoms with Crippen LogP contribution in [0.2, 0.25) is 0 Å². The van der Waals surface area contributed by atoms with Gasteiger partial charge in [-0.3, -0.25) is 0 Å². The van der Waals surface area contributed by atoms with E-state index < -0.39 is 0 Å². The normalized spacial score (nSPS) is 8.57. The molecule has 0 aromatic carbocycles. The molecule has 0 aromatic heterocycles. The molecule has 0 fully saturated rings. The van der Waals surface area contributed by atoms with Crippen LogP contribution in [0, 0.1) is 0 Å². The van der Waals surface area contributed by atoms with Crippen LogP contribution in [0.15, 0.2) is 0 Å². The van der Waals surface area contributed by atoms with Crippen molar-refractivity contribution in [2.45, 2.75) is 32.6 Å². The Morgan fingerprint density at radius 1 is 1.43 bits per heavy atom. The second-order valence-corrected chi connectivity index (χ2v) is 2.70. The third-order valence-corrected chi connectivity index (χ3v) is 1.66. The first kappa shape index (κ1) is 7.75. The zero-order valence-corrected chi connectivity index (χ0v) is 7.36. The predicted octanol–water partition coefficient (Wildman–Crippen LogP) is 1.92. The quantitative estimate of drug-likeness (QED) is 0.573. The fourth-order valence-corrected chi connectivity index (χ4v) is 0.998. The molecule has 0 bridgehead atoms. The molecule has 0 atom stereocenters. The first-order chi connectivity index (χ1) is 3.41. The van der Waals surface area contributed by atoms with E-state index in [-0.39, 0.29) is 0 Å². The molecule has 0 heterocycles. The second-order valence-electron chi connectivity index (χ2n) is 1.70. The third kappa shape index (κ3) is 6.75. The van der Waals surface area contributed by atoms with Crippen LogP contribution in [0.5, 0.6) is 0 Å². The van der Waals surface area contributed by atoms with E-state index in [2.05, 4.69) is 10.6 Å². The Balaban J connectivity index is 2.56. The summed E-state index contributed by atoms with van der Waals surface area (Å²) in [6.45, 7) is 2.24. The Kier molecular flexibility index (Phi) is 7.48. The molecule has 1 heteroatoms. The fraction of sp³-hybridized carbons (Fsp3) is 0.833. The van der Waals surface area contributed by atoms with E-state index in [1.807, 2.05) is 0 Å². The van der Waals surface area contributed by atoms with E-state index in [0.717, 1.165) is 0 Å². The Morgan fingerprint density at radius 2 is 2.14 bits per heavy atom. The molecule has 0 spiro atoms. The fourth-order valence-electron chi connectivity index (χ4n) is 0.496. The van der Waals surface area contributed by atoms with Crippen molar-refractivity contribution in [3.05, 3.63) is 0 Å². The van der Waals surface area contributed by atoms with Gasteiger partial charge < -0.3 is 0 Å². The Morgan fingerprint density at radius 3 is 2.57 bits per heavy atom. The van der Waals surface area contributed by atoms with Gasteiger partial charge in [0.25, 0.3) is 0 Å². The van der Waals surface area contributed by atoms with Crippen LogP contribution in [0.1, 0.15) is 32.6 Å². The standard InChI is InChI=1S/C6H12.Zr/c1-3-5-6-4-2;/h1H,3-6H2,2H3;. The van der Waals surface area contributed by atoms with Crippen molar-refractivity contribution in [2.75, 3.05) is 0 Å². The van der Waals surface area contributed by atoms with Crippen LogP contribution in [0.25, 0.3) is 0 Å². The molecular weight excluding hydrogens is 163 g/mol. The summed E-state index contributed by atoms with van der Waals surface area (Å²) in [7, 11) is 0. The van der Waals surface area contributed by atoms with E-state index in [1.54, 1.807) is 24.2 Å². The molecule has 0 aromatic rings. The molecule has 7 heavy (non-hydrogen) atoms. The Labute approximate surface area is 60.6 Å². The molecule has 0 rings (SSSR count). The summed E-state index contributed by atoms with van der Waals surface area (Å²) in [4.78, 5) is 0. The van der Waals surface area contributed by atoms with Crippen LogP contribution in [0.4, 0.5) is 0 Å². The Hall–Kier alpha value is 0.753. The Bertz CT molecular complexity index is 41.4. The zero-order valence-electron chi connectivity index (χ0n) is 4.91. The number of hydrogen-bond donors (Lipinski definition) is 0. The molecule has 0 radical (unpaired) electrons. The zero-order chi connectivity index (χ0) is 5.54. The summed E-state index contributed by atoms with van der Waals surface area (Å²) in [6.07, 6.45) is 5.50. The van der Waals surface area contributed by atoms with E-state index >= 15 is 0 Å². The van der Waals surface area contributed by atoms with Gasteiger partial charge in [-0.2, -0.15) is 0 Å². The summed E-state index contributed by atoms with van der Waals surface area (Å²) < 4.78 is 2.32. The van der Waals surface area contributed by atoms with Gasteiger partial charge in [-0.25, -0.2) is 0 Å². The third-order valence-electron chi connectivity index (χ3n) is 0.952. The SMILES string of the molecule is CCCCC[CH]=[Zr]. The van der Waals surface area contributed by atoms with Crippen LogP contribution >= 0.6 is 0 Å². The summed E-state index contributed by atoms with van der Waals surface area (Å²) in [6, 6.07) is 0.